The van der Waals surface area contributed by atoms with Gasteiger partial charge in [0.25, 0.3) is 0 Å². The molecule has 2 N–H and O–H groups in total. The molecule has 3 aliphatic heterocycles. The van der Waals surface area contributed by atoms with Gasteiger partial charge in [0.15, 0.2) is 5.82 Å². The number of benzene rings is 2. The van der Waals surface area contributed by atoms with E-state index in [1.165, 1.54) is 44.2 Å². The Kier molecular flexibility index (Phi) is 9.21. The van der Waals surface area contributed by atoms with E-state index in [2.05, 4.69) is 9.88 Å². The van der Waals surface area contributed by atoms with Crippen LogP contribution in [-0.4, -0.2) is 87.2 Å². The Balaban J connectivity index is 1.08. The van der Waals surface area contributed by atoms with Crippen LogP contribution in [0.3, 0.4) is 0 Å². The van der Waals surface area contributed by atoms with E-state index in [-0.39, 0.29) is 28.4 Å². The van der Waals surface area contributed by atoms with Crippen molar-refractivity contribution in [2.75, 3.05) is 44.4 Å². The summed E-state index contributed by atoms with van der Waals surface area (Å²) in [4.78, 5) is 19.1. The van der Waals surface area contributed by atoms with Crippen molar-refractivity contribution in [3.8, 4) is 23.0 Å². The molecule has 0 radical (unpaired) electrons. The maximum Gasteiger partial charge on any atom is 0.319 e. The van der Waals surface area contributed by atoms with Crippen molar-refractivity contribution in [2.24, 2.45) is 10.8 Å². The van der Waals surface area contributed by atoms with E-state index in [0.29, 0.717) is 83.1 Å². The van der Waals surface area contributed by atoms with Crippen molar-refractivity contribution >= 4 is 27.5 Å². The summed E-state index contributed by atoms with van der Waals surface area (Å²) in [5.74, 6) is -0.668. The number of anilines is 1. The molecule has 4 aromatic rings. The zero-order valence-electron chi connectivity index (χ0n) is 31.7. The van der Waals surface area contributed by atoms with Gasteiger partial charge in [-0.3, -0.25) is 9.88 Å². The van der Waals surface area contributed by atoms with Crippen LogP contribution in [0.2, 0.25) is 0 Å². The first-order valence-corrected chi connectivity index (χ1v) is 20.3. The Labute approximate surface area is 316 Å². The molecule has 3 atom stereocenters. The SMILES string of the molecule is CCc1c(F)ccc2cc(O)cc(-c3ncc4c(N5CCC[C@@](C)(O)C5)nc(OC[C@]56CCCC5N(C5CCC7(CCOC7)CC5)CCC6)nc4c3F)c12. The second-order valence-corrected chi connectivity index (χ2v) is 17.4. The highest BCUT2D eigenvalue weighted by Gasteiger charge is 2.51. The fourth-order valence-corrected chi connectivity index (χ4v) is 11.1. The van der Waals surface area contributed by atoms with Gasteiger partial charge < -0.3 is 24.6 Å². The molecule has 1 unspecified atom stereocenters. The molecular formula is C43H53F2N5O4. The number of aromatic nitrogens is 3. The summed E-state index contributed by atoms with van der Waals surface area (Å²) in [6, 6.07) is 7.10. The van der Waals surface area contributed by atoms with Crippen LogP contribution in [0.15, 0.2) is 30.5 Å². The second kappa shape index (κ2) is 13.8. The van der Waals surface area contributed by atoms with Gasteiger partial charge in [0.2, 0.25) is 0 Å². The van der Waals surface area contributed by atoms with Crippen LogP contribution in [0, 0.1) is 22.5 Å². The molecule has 5 fully saturated rings. The number of rotatable bonds is 7. The molecule has 11 heteroatoms. The summed E-state index contributed by atoms with van der Waals surface area (Å²) in [7, 11) is 0. The van der Waals surface area contributed by atoms with Crippen LogP contribution in [0.4, 0.5) is 14.6 Å². The maximum atomic E-state index is 17.1. The topological polar surface area (TPSA) is 104 Å². The number of phenols is 1. The third-order valence-corrected chi connectivity index (χ3v) is 13.9. The predicted molar refractivity (Wildman–Crippen MR) is 205 cm³/mol. The van der Waals surface area contributed by atoms with Gasteiger partial charge in [0, 0.05) is 49.0 Å². The number of aromatic hydroxyl groups is 1. The van der Waals surface area contributed by atoms with E-state index in [1.807, 2.05) is 18.7 Å². The molecule has 0 bridgehead atoms. The lowest BCUT2D eigenvalue weighted by atomic mass is 9.69. The van der Waals surface area contributed by atoms with Gasteiger partial charge in [-0.25, -0.2) is 8.78 Å². The first kappa shape index (κ1) is 36.0. The molecule has 5 aliphatic rings. The molecule has 9 rings (SSSR count). The van der Waals surface area contributed by atoms with Gasteiger partial charge in [-0.15, -0.1) is 0 Å². The van der Waals surface area contributed by atoms with Crippen molar-refractivity contribution < 1.29 is 28.5 Å². The molecule has 2 saturated carbocycles. The Hall–Kier alpha value is -3.67. The van der Waals surface area contributed by atoms with Crippen LogP contribution in [0.5, 0.6) is 11.8 Å². The maximum absolute atomic E-state index is 17.1. The normalized spacial score (nSPS) is 30.4. The molecule has 288 valence electrons. The van der Waals surface area contributed by atoms with Crippen molar-refractivity contribution in [2.45, 2.75) is 115 Å². The van der Waals surface area contributed by atoms with E-state index in [9.17, 15) is 10.2 Å². The number of nitrogens with zero attached hydrogens (tertiary/aromatic N) is 5. The molecule has 2 aromatic carbocycles. The quantitative estimate of drug-likeness (QED) is 0.195. The molecule has 2 aliphatic carbocycles. The molecular weight excluding hydrogens is 689 g/mol. The standard InChI is InChI=1S/C43H53F2N5O4/c1-3-30-33(44)9-8-27-21-29(51)22-31(35(27)30)37-36(45)38-32(23-46-37)39(49-18-5-12-41(2,52)24-49)48-40(47-38)54-26-43-13-4-7-34(43)50(19-6-14-43)28-10-15-42(16-11-28)17-20-53-25-42/h8-9,21-23,28,34,51-52H,3-7,10-20,24-26H2,1-2H3/t28?,34?,41-,42?,43-/m1/s1. The number of phenolic OH excluding ortho intramolecular Hbond substituents is 1. The monoisotopic (exact) mass is 741 g/mol. The molecule has 3 saturated heterocycles. The Morgan fingerprint density at radius 1 is 0.981 bits per heavy atom. The van der Waals surface area contributed by atoms with Gasteiger partial charge in [-0.05, 0) is 130 Å². The van der Waals surface area contributed by atoms with Gasteiger partial charge in [-0.2, -0.15) is 9.97 Å². The highest BCUT2D eigenvalue weighted by Crippen LogP contribution is 2.52. The Bertz CT molecular complexity index is 2060. The van der Waals surface area contributed by atoms with E-state index in [0.717, 1.165) is 58.3 Å². The number of halogens is 2. The average molecular weight is 742 g/mol. The predicted octanol–water partition coefficient (Wildman–Crippen LogP) is 8.11. The minimum atomic E-state index is -0.936. The van der Waals surface area contributed by atoms with E-state index < -0.39 is 17.2 Å². The van der Waals surface area contributed by atoms with Crippen molar-refractivity contribution in [1.82, 2.24) is 19.9 Å². The van der Waals surface area contributed by atoms with E-state index in [1.54, 1.807) is 18.3 Å². The third kappa shape index (κ3) is 6.28. The summed E-state index contributed by atoms with van der Waals surface area (Å²) in [6.45, 7) is 8.04. The highest BCUT2D eigenvalue weighted by atomic mass is 19.1. The Morgan fingerprint density at radius 3 is 2.57 bits per heavy atom. The smallest absolute Gasteiger partial charge is 0.319 e. The van der Waals surface area contributed by atoms with Crippen molar-refractivity contribution in [3.63, 3.8) is 0 Å². The summed E-state index contributed by atoms with van der Waals surface area (Å²) < 4.78 is 44.7. The van der Waals surface area contributed by atoms with Gasteiger partial charge in [0.1, 0.15) is 28.6 Å². The van der Waals surface area contributed by atoms with E-state index in [4.69, 9.17) is 19.4 Å². The van der Waals surface area contributed by atoms with Crippen LogP contribution < -0.4 is 9.64 Å². The van der Waals surface area contributed by atoms with Crippen LogP contribution in [-0.2, 0) is 11.2 Å². The lowest BCUT2D eigenvalue weighted by Crippen LogP contribution is -2.56. The molecule has 2 aromatic heterocycles. The zero-order valence-corrected chi connectivity index (χ0v) is 31.7. The number of piperidine rings is 2. The minimum absolute atomic E-state index is 0.0271. The minimum Gasteiger partial charge on any atom is -0.508 e. The third-order valence-electron chi connectivity index (χ3n) is 13.9. The van der Waals surface area contributed by atoms with Crippen molar-refractivity contribution in [3.05, 3.63) is 47.7 Å². The number of fused-ring (bicyclic) bond motifs is 3. The summed E-state index contributed by atoms with van der Waals surface area (Å²) >= 11 is 0. The number of β-amino-alcohol motifs (C(OH)–C–C–N with tert-alkyl or cyclic N) is 1. The van der Waals surface area contributed by atoms with Gasteiger partial charge >= 0.3 is 6.01 Å². The summed E-state index contributed by atoms with van der Waals surface area (Å²) in [6.07, 6.45) is 15.1. The largest absolute Gasteiger partial charge is 0.508 e. The number of ether oxygens (including phenoxy) is 2. The lowest BCUT2D eigenvalue weighted by molar-refractivity contribution is -0.0405. The van der Waals surface area contributed by atoms with Crippen molar-refractivity contribution in [1.29, 1.82) is 0 Å². The average Bonchev–Trinajstić information content (AvgIpc) is 3.81. The number of aryl methyl sites for hydroxylation is 1. The summed E-state index contributed by atoms with van der Waals surface area (Å²) in [5, 5.41) is 23.3. The first-order chi connectivity index (χ1) is 26.1. The second-order valence-electron chi connectivity index (χ2n) is 17.4. The van der Waals surface area contributed by atoms with Crippen LogP contribution in [0.25, 0.3) is 32.9 Å². The zero-order chi connectivity index (χ0) is 37.2. The first-order valence-electron chi connectivity index (χ1n) is 20.3. The van der Waals surface area contributed by atoms with Gasteiger partial charge in [-0.1, -0.05) is 19.4 Å². The van der Waals surface area contributed by atoms with E-state index >= 15 is 8.78 Å². The fourth-order valence-electron chi connectivity index (χ4n) is 11.1. The molecule has 1 spiro atoms. The number of hydrogen-bond acceptors (Lipinski definition) is 9. The number of pyridine rings is 1. The Morgan fingerprint density at radius 2 is 1.80 bits per heavy atom. The lowest BCUT2D eigenvalue weighted by Gasteiger charge is -2.51. The number of likely N-dealkylation sites (tertiary alicyclic amines) is 1. The highest BCUT2D eigenvalue weighted by molar-refractivity contribution is 6.01. The molecule has 54 heavy (non-hydrogen) atoms. The number of hydrogen-bond donors (Lipinski definition) is 2. The molecule has 5 heterocycles. The van der Waals surface area contributed by atoms with Gasteiger partial charge in [0.05, 0.1) is 24.2 Å². The van der Waals surface area contributed by atoms with Crippen LogP contribution >= 0.6 is 0 Å². The fraction of sp³-hybridized carbons (Fsp3) is 0.605. The number of aliphatic hydroxyl groups is 1. The molecule has 0 amide bonds. The molecule has 9 nitrogen and oxygen atoms in total. The van der Waals surface area contributed by atoms with Crippen LogP contribution in [0.1, 0.15) is 96.5 Å². The summed E-state index contributed by atoms with van der Waals surface area (Å²) in [5.41, 5.74) is 0.180.